The number of rotatable bonds is 5. The fourth-order valence-electron chi connectivity index (χ4n) is 2.22. The van der Waals surface area contributed by atoms with E-state index >= 15 is 0 Å². The second-order valence-electron chi connectivity index (χ2n) is 4.69. The Balaban J connectivity index is 2.34. The van der Waals surface area contributed by atoms with E-state index in [1.165, 1.54) is 0 Å². The molecule has 1 unspecified atom stereocenters. The van der Waals surface area contributed by atoms with Crippen molar-refractivity contribution in [2.75, 3.05) is 46.4 Å². The largest absolute Gasteiger partial charge is 0.341 e. The molecule has 0 aliphatic carbocycles. The fourth-order valence-corrected chi connectivity index (χ4v) is 3.23. The van der Waals surface area contributed by atoms with Gasteiger partial charge in [-0.15, -0.1) is 0 Å². The molecule has 20 heavy (non-hydrogen) atoms. The van der Waals surface area contributed by atoms with Gasteiger partial charge in [-0.1, -0.05) is 0 Å². The Kier molecular flexibility index (Phi) is 5.24. The smallest absolute Gasteiger partial charge is 0.243 e. The first-order chi connectivity index (χ1) is 9.69. The highest BCUT2D eigenvalue weighted by Crippen LogP contribution is 2.23. The number of nitrogens with two attached hydrogens (primary N) is 1. The van der Waals surface area contributed by atoms with Gasteiger partial charge < -0.3 is 9.80 Å². The average molecular weight is 297 g/mol. The molecule has 1 aliphatic heterocycles. The van der Waals surface area contributed by atoms with Gasteiger partial charge in [0.25, 0.3) is 0 Å². The van der Waals surface area contributed by atoms with Crippen LogP contribution in [0.3, 0.4) is 0 Å². The summed E-state index contributed by atoms with van der Waals surface area (Å²) in [5.74, 6) is 9.49. The summed E-state index contributed by atoms with van der Waals surface area (Å²) in [6, 6.07) is 0.423. The van der Waals surface area contributed by atoms with Crippen molar-refractivity contribution in [1.29, 1.82) is 0 Å². The molecule has 0 bridgehead atoms. The summed E-state index contributed by atoms with van der Waals surface area (Å²) >= 11 is 1.97. The molecule has 0 saturated carbocycles. The van der Waals surface area contributed by atoms with Crippen LogP contribution in [0.2, 0.25) is 0 Å². The van der Waals surface area contributed by atoms with E-state index in [1.54, 1.807) is 0 Å². The lowest BCUT2D eigenvalue weighted by molar-refractivity contribution is 0.672. The van der Waals surface area contributed by atoms with Crippen molar-refractivity contribution in [2.45, 2.75) is 26.8 Å². The number of aromatic nitrogens is 3. The number of nitrogens with one attached hydrogen (secondary N) is 1. The van der Waals surface area contributed by atoms with Gasteiger partial charge in [0.05, 0.1) is 0 Å². The van der Waals surface area contributed by atoms with Crippen molar-refractivity contribution < 1.29 is 0 Å². The Labute approximate surface area is 124 Å². The molecule has 0 amide bonds. The van der Waals surface area contributed by atoms with Gasteiger partial charge >= 0.3 is 0 Å². The molecule has 1 aliphatic rings. The maximum Gasteiger partial charge on any atom is 0.243 e. The second kappa shape index (κ2) is 6.94. The Bertz CT molecular complexity index is 438. The molecular weight excluding hydrogens is 274 g/mol. The molecule has 1 aromatic heterocycles. The van der Waals surface area contributed by atoms with Gasteiger partial charge in [-0.3, -0.25) is 5.43 Å². The van der Waals surface area contributed by atoms with E-state index in [9.17, 15) is 0 Å². The highest BCUT2D eigenvalue weighted by atomic mass is 32.2. The Morgan fingerprint density at radius 1 is 1.35 bits per heavy atom. The van der Waals surface area contributed by atoms with E-state index in [0.29, 0.717) is 23.9 Å². The number of anilines is 3. The molecule has 8 heteroatoms. The van der Waals surface area contributed by atoms with Crippen LogP contribution in [0.5, 0.6) is 0 Å². The molecule has 1 saturated heterocycles. The topological polar surface area (TPSA) is 83.2 Å². The monoisotopic (exact) mass is 297 g/mol. The first kappa shape index (κ1) is 15.1. The zero-order valence-corrected chi connectivity index (χ0v) is 13.2. The molecule has 2 heterocycles. The molecule has 3 N–H and O–H groups in total. The predicted molar refractivity (Wildman–Crippen MR) is 85.3 cm³/mol. The van der Waals surface area contributed by atoms with Crippen molar-refractivity contribution in [1.82, 2.24) is 15.0 Å². The number of thioether (sulfide) groups is 1. The van der Waals surface area contributed by atoms with Gasteiger partial charge in [0, 0.05) is 37.2 Å². The molecular formula is C12H23N7S. The zero-order valence-electron chi connectivity index (χ0n) is 12.3. The van der Waals surface area contributed by atoms with E-state index in [1.807, 2.05) is 11.8 Å². The van der Waals surface area contributed by atoms with Crippen molar-refractivity contribution in [3.05, 3.63) is 0 Å². The number of hydrazine groups is 1. The predicted octanol–water partition coefficient (Wildman–Crippen LogP) is 0.945. The number of nitrogen functional groups attached to an aromatic ring is 1. The average Bonchev–Trinajstić information content (AvgIpc) is 2.48. The zero-order chi connectivity index (χ0) is 14.5. The normalized spacial score (nSPS) is 19.0. The minimum absolute atomic E-state index is 0.419. The third-order valence-corrected chi connectivity index (χ3v) is 4.60. The lowest BCUT2D eigenvalue weighted by Crippen LogP contribution is -2.42. The summed E-state index contributed by atoms with van der Waals surface area (Å²) in [5, 5.41) is 0. The van der Waals surface area contributed by atoms with Crippen molar-refractivity contribution in [3.8, 4) is 0 Å². The van der Waals surface area contributed by atoms with Crippen LogP contribution in [-0.4, -0.2) is 52.1 Å². The Morgan fingerprint density at radius 2 is 2.10 bits per heavy atom. The summed E-state index contributed by atoms with van der Waals surface area (Å²) in [7, 11) is 0. The molecule has 0 aromatic carbocycles. The maximum atomic E-state index is 5.49. The van der Waals surface area contributed by atoms with Crippen LogP contribution in [-0.2, 0) is 0 Å². The van der Waals surface area contributed by atoms with Crippen LogP contribution in [0.25, 0.3) is 0 Å². The molecule has 7 nitrogen and oxygen atoms in total. The lowest BCUT2D eigenvalue weighted by atomic mass is 10.3. The van der Waals surface area contributed by atoms with Gasteiger partial charge in [-0.05, 0) is 20.8 Å². The Hall–Kier alpha value is -1.28. The van der Waals surface area contributed by atoms with E-state index in [0.717, 1.165) is 31.1 Å². The van der Waals surface area contributed by atoms with E-state index in [2.05, 4.69) is 50.9 Å². The lowest BCUT2D eigenvalue weighted by Gasteiger charge is -2.33. The van der Waals surface area contributed by atoms with Gasteiger partial charge in [-0.2, -0.15) is 26.7 Å². The van der Waals surface area contributed by atoms with Gasteiger partial charge in [0.2, 0.25) is 17.8 Å². The molecule has 1 aromatic rings. The fraction of sp³-hybridized carbons (Fsp3) is 0.750. The summed E-state index contributed by atoms with van der Waals surface area (Å²) in [4.78, 5) is 17.7. The van der Waals surface area contributed by atoms with E-state index < -0.39 is 0 Å². The van der Waals surface area contributed by atoms with Gasteiger partial charge in [-0.25, -0.2) is 5.84 Å². The van der Waals surface area contributed by atoms with Gasteiger partial charge in [0.1, 0.15) is 0 Å². The van der Waals surface area contributed by atoms with Gasteiger partial charge in [0.15, 0.2) is 0 Å². The van der Waals surface area contributed by atoms with Crippen LogP contribution < -0.4 is 21.1 Å². The first-order valence-corrected chi connectivity index (χ1v) is 8.17. The van der Waals surface area contributed by atoms with E-state index in [-0.39, 0.29) is 0 Å². The SMILES string of the molecule is CCN(CC)c1nc(NN)nc(N2CCSCC2C)n1. The van der Waals surface area contributed by atoms with Crippen LogP contribution in [0.4, 0.5) is 17.8 Å². The molecule has 0 radical (unpaired) electrons. The standard InChI is InChI=1S/C12H23N7S/c1-4-18(5-2)11-14-10(17-13)15-12(16-11)19-6-7-20-8-9(19)3/h9H,4-8,13H2,1-3H3,(H,14,15,16,17). The first-order valence-electron chi connectivity index (χ1n) is 7.01. The summed E-state index contributed by atoms with van der Waals surface area (Å²) in [6.45, 7) is 9.04. The maximum absolute atomic E-state index is 5.49. The second-order valence-corrected chi connectivity index (χ2v) is 5.84. The molecule has 0 spiro atoms. The summed E-state index contributed by atoms with van der Waals surface area (Å²) < 4.78 is 0. The van der Waals surface area contributed by atoms with Crippen molar-refractivity contribution in [3.63, 3.8) is 0 Å². The van der Waals surface area contributed by atoms with Crippen LogP contribution in [0, 0.1) is 0 Å². The molecule has 112 valence electrons. The quantitative estimate of drug-likeness (QED) is 0.614. The highest BCUT2D eigenvalue weighted by molar-refractivity contribution is 7.99. The minimum Gasteiger partial charge on any atom is -0.341 e. The molecule has 1 fully saturated rings. The highest BCUT2D eigenvalue weighted by Gasteiger charge is 2.23. The number of hydrogen-bond acceptors (Lipinski definition) is 8. The van der Waals surface area contributed by atoms with Crippen molar-refractivity contribution >= 4 is 29.6 Å². The van der Waals surface area contributed by atoms with Crippen molar-refractivity contribution in [2.24, 2.45) is 5.84 Å². The Morgan fingerprint density at radius 3 is 2.70 bits per heavy atom. The third kappa shape index (κ3) is 3.24. The van der Waals surface area contributed by atoms with E-state index in [4.69, 9.17) is 5.84 Å². The number of nitrogens with zero attached hydrogens (tertiary/aromatic N) is 5. The van der Waals surface area contributed by atoms with Crippen LogP contribution in [0.15, 0.2) is 0 Å². The number of hydrogen-bond donors (Lipinski definition) is 2. The minimum atomic E-state index is 0.419. The summed E-state index contributed by atoms with van der Waals surface area (Å²) in [6.07, 6.45) is 0. The molecule has 2 rings (SSSR count). The van der Waals surface area contributed by atoms with Crippen LogP contribution >= 0.6 is 11.8 Å². The van der Waals surface area contributed by atoms with Crippen LogP contribution in [0.1, 0.15) is 20.8 Å². The summed E-state index contributed by atoms with van der Waals surface area (Å²) in [5.41, 5.74) is 2.54. The third-order valence-electron chi connectivity index (χ3n) is 3.41. The molecule has 1 atom stereocenters.